The Morgan fingerprint density at radius 2 is 1.94 bits per heavy atom. The molecule has 2 atom stereocenters. The maximum absolute atomic E-state index is 12.6. The zero-order chi connectivity index (χ0) is 24.3. The molecule has 1 aromatic carbocycles. The van der Waals surface area contributed by atoms with Gasteiger partial charge >= 0.3 is 12.1 Å². The van der Waals surface area contributed by atoms with Crippen LogP contribution in [-0.2, 0) is 4.79 Å². The smallest absolute Gasteiger partial charge is 0.401 e. The maximum atomic E-state index is 12.6. The van der Waals surface area contributed by atoms with Gasteiger partial charge in [0.15, 0.2) is 0 Å². The van der Waals surface area contributed by atoms with Gasteiger partial charge in [0, 0.05) is 17.5 Å². The summed E-state index contributed by atoms with van der Waals surface area (Å²) in [6.07, 6.45) is -0.698. The van der Waals surface area contributed by atoms with E-state index in [0.717, 1.165) is 16.7 Å². The SMILES string of the molecule is CCOc1ccc(-c2cnnc(OCC3CCN(CC(F)(F)F)CC3)c2)cc1C1CC1C(=O)O. The van der Waals surface area contributed by atoms with Crippen molar-refractivity contribution < 1.29 is 32.5 Å². The van der Waals surface area contributed by atoms with Gasteiger partial charge in [0.2, 0.25) is 5.88 Å². The van der Waals surface area contributed by atoms with Gasteiger partial charge in [-0.1, -0.05) is 6.07 Å². The minimum absolute atomic E-state index is 0.0762. The molecular weight excluding hydrogens is 451 g/mol. The third kappa shape index (κ3) is 6.16. The van der Waals surface area contributed by atoms with Gasteiger partial charge in [0.25, 0.3) is 0 Å². The number of aliphatic carboxylic acids is 1. The molecule has 0 amide bonds. The number of likely N-dealkylation sites (tertiary alicyclic amines) is 1. The van der Waals surface area contributed by atoms with Gasteiger partial charge in [-0.05, 0) is 68.5 Å². The van der Waals surface area contributed by atoms with E-state index in [4.69, 9.17) is 9.47 Å². The van der Waals surface area contributed by atoms with Crippen molar-refractivity contribution in [2.24, 2.45) is 11.8 Å². The van der Waals surface area contributed by atoms with Crippen LogP contribution in [-0.4, -0.2) is 65.2 Å². The van der Waals surface area contributed by atoms with Crippen molar-refractivity contribution in [3.63, 3.8) is 0 Å². The van der Waals surface area contributed by atoms with Crippen molar-refractivity contribution in [3.05, 3.63) is 36.0 Å². The van der Waals surface area contributed by atoms with E-state index in [1.54, 1.807) is 12.3 Å². The van der Waals surface area contributed by atoms with Gasteiger partial charge in [0.05, 0.1) is 31.9 Å². The maximum Gasteiger partial charge on any atom is 0.401 e. The minimum atomic E-state index is -4.17. The normalized spacial score (nSPS) is 21.3. The third-order valence-electron chi connectivity index (χ3n) is 6.36. The summed E-state index contributed by atoms with van der Waals surface area (Å²) in [6.45, 7) is 2.66. The number of aromatic nitrogens is 2. The lowest BCUT2D eigenvalue weighted by Crippen LogP contribution is -2.41. The Morgan fingerprint density at radius 1 is 1.18 bits per heavy atom. The van der Waals surface area contributed by atoms with Crippen LogP contribution >= 0.6 is 0 Å². The van der Waals surface area contributed by atoms with E-state index >= 15 is 0 Å². The number of ether oxygens (including phenoxy) is 2. The highest BCUT2D eigenvalue weighted by Crippen LogP contribution is 2.51. The number of piperidine rings is 1. The van der Waals surface area contributed by atoms with E-state index in [1.807, 2.05) is 25.1 Å². The molecule has 7 nitrogen and oxygen atoms in total. The highest BCUT2D eigenvalue weighted by atomic mass is 19.4. The second-order valence-electron chi connectivity index (χ2n) is 8.90. The first-order valence-corrected chi connectivity index (χ1v) is 11.5. The molecule has 2 unspecified atom stereocenters. The summed E-state index contributed by atoms with van der Waals surface area (Å²) in [5, 5.41) is 17.4. The number of halogens is 3. The first kappa shape index (κ1) is 24.3. The Kier molecular flexibility index (Phi) is 7.25. The molecule has 10 heteroatoms. The number of benzene rings is 1. The van der Waals surface area contributed by atoms with Crippen molar-refractivity contribution in [1.29, 1.82) is 0 Å². The predicted molar refractivity (Wildman–Crippen MR) is 118 cm³/mol. The van der Waals surface area contributed by atoms with Crippen LogP contribution in [0.5, 0.6) is 11.6 Å². The summed E-state index contributed by atoms with van der Waals surface area (Å²) in [5.41, 5.74) is 2.51. The fourth-order valence-electron chi connectivity index (χ4n) is 4.46. The number of alkyl halides is 3. The van der Waals surface area contributed by atoms with E-state index in [-0.39, 0.29) is 11.8 Å². The number of hydrogen-bond donors (Lipinski definition) is 1. The molecule has 0 radical (unpaired) electrons. The first-order chi connectivity index (χ1) is 16.2. The summed E-state index contributed by atoms with van der Waals surface area (Å²) >= 11 is 0. The van der Waals surface area contributed by atoms with Crippen LogP contribution in [0, 0.1) is 11.8 Å². The molecule has 2 aromatic rings. The number of carbonyl (C=O) groups is 1. The molecule has 1 N–H and O–H groups in total. The van der Waals surface area contributed by atoms with Crippen LogP contribution in [0.2, 0.25) is 0 Å². The summed E-state index contributed by atoms with van der Waals surface area (Å²) in [4.78, 5) is 12.8. The molecular formula is C24H28F3N3O4. The molecule has 1 saturated heterocycles. The first-order valence-electron chi connectivity index (χ1n) is 11.5. The standard InChI is InChI=1S/C24H28F3N3O4/c1-2-33-21-4-3-16(9-19(21)18-11-20(18)23(31)32)17-10-22(29-28-12-17)34-13-15-5-7-30(8-6-15)14-24(25,26)27/h3-4,9-10,12,15,18,20H,2,5-8,11,13-14H2,1H3,(H,31,32). The second-order valence-corrected chi connectivity index (χ2v) is 8.90. The Bertz CT molecular complexity index is 1010. The topological polar surface area (TPSA) is 84.8 Å². The van der Waals surface area contributed by atoms with Gasteiger partial charge in [-0.2, -0.15) is 18.3 Å². The van der Waals surface area contributed by atoms with Gasteiger partial charge in [0.1, 0.15) is 5.75 Å². The van der Waals surface area contributed by atoms with Gasteiger partial charge in [-0.3, -0.25) is 9.69 Å². The molecule has 184 valence electrons. The van der Waals surface area contributed by atoms with Gasteiger partial charge in [-0.25, -0.2) is 0 Å². The van der Waals surface area contributed by atoms with Crippen LogP contribution in [0.25, 0.3) is 11.1 Å². The molecule has 34 heavy (non-hydrogen) atoms. The Hall–Kier alpha value is -2.88. The molecule has 0 bridgehead atoms. The average Bonchev–Trinajstić information content (AvgIpc) is 3.60. The monoisotopic (exact) mass is 479 g/mol. The Morgan fingerprint density at radius 3 is 2.59 bits per heavy atom. The summed E-state index contributed by atoms with van der Waals surface area (Å²) in [6, 6.07) is 7.45. The van der Waals surface area contributed by atoms with E-state index in [1.165, 1.54) is 4.90 Å². The predicted octanol–water partition coefficient (Wildman–Crippen LogP) is 4.38. The van der Waals surface area contributed by atoms with Crippen molar-refractivity contribution in [1.82, 2.24) is 15.1 Å². The molecule has 1 saturated carbocycles. The molecule has 1 aliphatic carbocycles. The minimum Gasteiger partial charge on any atom is -0.494 e. The van der Waals surface area contributed by atoms with Crippen LogP contribution in [0.15, 0.2) is 30.5 Å². The zero-order valence-electron chi connectivity index (χ0n) is 18.9. The van der Waals surface area contributed by atoms with Crippen molar-refractivity contribution in [3.8, 4) is 22.8 Å². The van der Waals surface area contributed by atoms with E-state index in [2.05, 4.69) is 10.2 Å². The molecule has 2 aliphatic rings. The van der Waals surface area contributed by atoms with Gasteiger partial charge < -0.3 is 14.6 Å². The summed E-state index contributed by atoms with van der Waals surface area (Å²) in [7, 11) is 0. The third-order valence-corrected chi connectivity index (χ3v) is 6.36. The van der Waals surface area contributed by atoms with E-state index in [9.17, 15) is 23.1 Å². The second kappa shape index (κ2) is 10.2. The molecule has 1 aliphatic heterocycles. The number of nitrogens with zero attached hydrogens (tertiary/aromatic N) is 3. The van der Waals surface area contributed by atoms with E-state index < -0.39 is 24.6 Å². The van der Waals surface area contributed by atoms with Crippen molar-refractivity contribution >= 4 is 5.97 Å². The van der Waals surface area contributed by atoms with Crippen molar-refractivity contribution in [2.45, 2.75) is 38.3 Å². The number of carboxylic acid groups (broad SMARTS) is 1. The Labute approximate surface area is 195 Å². The van der Waals surface area contributed by atoms with Crippen LogP contribution in [0.3, 0.4) is 0 Å². The largest absolute Gasteiger partial charge is 0.494 e. The summed E-state index contributed by atoms with van der Waals surface area (Å²) in [5.74, 6) is -0.0757. The lowest BCUT2D eigenvalue weighted by molar-refractivity contribution is -0.148. The Balaban J connectivity index is 1.39. The molecule has 4 rings (SSSR count). The van der Waals surface area contributed by atoms with Gasteiger partial charge in [-0.15, -0.1) is 5.10 Å². The average molecular weight is 479 g/mol. The van der Waals surface area contributed by atoms with Crippen molar-refractivity contribution in [2.75, 3.05) is 32.8 Å². The number of hydrogen-bond acceptors (Lipinski definition) is 6. The van der Waals surface area contributed by atoms with Crippen LogP contribution in [0.1, 0.15) is 37.7 Å². The lowest BCUT2D eigenvalue weighted by atomic mass is 9.98. The highest BCUT2D eigenvalue weighted by molar-refractivity contribution is 5.76. The number of rotatable bonds is 9. The number of carboxylic acids is 1. The molecule has 2 heterocycles. The molecule has 2 fully saturated rings. The summed E-state index contributed by atoms with van der Waals surface area (Å²) < 4.78 is 49.2. The fourth-order valence-corrected chi connectivity index (χ4v) is 4.46. The quantitative estimate of drug-likeness (QED) is 0.571. The fraction of sp³-hybridized carbons (Fsp3) is 0.542. The van der Waals surface area contributed by atoms with E-state index in [0.29, 0.717) is 57.2 Å². The van der Waals surface area contributed by atoms with Crippen LogP contribution < -0.4 is 9.47 Å². The highest BCUT2D eigenvalue weighted by Gasteiger charge is 2.45. The molecule has 0 spiro atoms. The van der Waals surface area contributed by atoms with Crippen LogP contribution in [0.4, 0.5) is 13.2 Å². The zero-order valence-corrected chi connectivity index (χ0v) is 18.9. The lowest BCUT2D eigenvalue weighted by Gasteiger charge is -2.32. The molecule has 1 aromatic heterocycles.